The first kappa shape index (κ1) is 47.8. The monoisotopic (exact) mass is 832 g/mol. The summed E-state index contributed by atoms with van der Waals surface area (Å²) in [5.41, 5.74) is 13.8. The number of nitrogens with zero attached hydrogens (tertiary/aromatic N) is 2. The van der Waals surface area contributed by atoms with Gasteiger partial charge in [-0.15, -0.1) is 0 Å². The van der Waals surface area contributed by atoms with Crippen molar-refractivity contribution in [3.05, 3.63) is 71.9 Å². The summed E-state index contributed by atoms with van der Waals surface area (Å²) in [6, 6.07) is 12.0. The van der Waals surface area contributed by atoms with E-state index in [1.54, 1.807) is 6.92 Å². The van der Waals surface area contributed by atoms with Crippen LogP contribution in [0.25, 0.3) is 10.9 Å². The molecule has 17 nitrogen and oxygen atoms in total. The van der Waals surface area contributed by atoms with Crippen LogP contribution in [0.15, 0.2) is 60.8 Å². The smallest absolute Gasteiger partial charge is 0.243 e. The first-order chi connectivity index (χ1) is 28.8. The Kier molecular flexibility index (Phi) is 19.4. The Morgan fingerprint density at radius 3 is 2.38 bits per heavy atom. The standard InChI is InChI=1S/C43H65N11O6/c1-28(2)53-22-12-10-20-35(40(57)51-36(25-30-15-5-4-6-16-30)42(59)49-34(38(45)55)19-9-11-21-44)50-39(56)29(3)48-41(58)37(52-43(60)54(46)24-14-13-23-53)26-31-27-47-33-18-8-7-17-32(31)33/h4-8,15-18,27-29,34-37,41,43,47-48,52,58,60H,9-12,19-26,44,46H2,1-3H3,(H2,45,55)(H,49,59)(H,50,56)(H,51,57)/t29-,34-,35-,36+,37+,41?,43?/m0/s1. The van der Waals surface area contributed by atoms with Crippen LogP contribution >= 0.6 is 0 Å². The van der Waals surface area contributed by atoms with Crippen LogP contribution in [0.1, 0.15) is 70.4 Å². The lowest BCUT2D eigenvalue weighted by Crippen LogP contribution is -2.62. The molecular weight excluding hydrogens is 767 g/mol. The summed E-state index contributed by atoms with van der Waals surface area (Å²) in [6.45, 7) is 7.23. The molecule has 17 heteroatoms. The number of unbranched alkanes of at least 4 members (excludes halogenated alkanes) is 1. The summed E-state index contributed by atoms with van der Waals surface area (Å²) in [6.07, 6.45) is 2.34. The van der Waals surface area contributed by atoms with Crippen molar-refractivity contribution in [3.63, 3.8) is 0 Å². The molecule has 3 aromatic rings. The Labute approximate surface area is 352 Å². The molecule has 7 atom stereocenters. The molecule has 4 rings (SSSR count). The quantitative estimate of drug-likeness (QED) is 0.0565. The number of benzene rings is 2. The van der Waals surface area contributed by atoms with Crippen LogP contribution in [-0.2, 0) is 32.0 Å². The second kappa shape index (κ2) is 24.4. The first-order valence-corrected chi connectivity index (χ1v) is 20.9. The van der Waals surface area contributed by atoms with E-state index in [0.29, 0.717) is 51.7 Å². The van der Waals surface area contributed by atoms with Gasteiger partial charge < -0.3 is 42.6 Å². The second-order valence-electron chi connectivity index (χ2n) is 15.7. The van der Waals surface area contributed by atoms with E-state index < -0.39 is 66.4 Å². The van der Waals surface area contributed by atoms with Gasteiger partial charge in [-0.25, -0.2) is 0 Å². The largest absolute Gasteiger partial charge is 0.377 e. The molecule has 2 aromatic carbocycles. The fourth-order valence-corrected chi connectivity index (χ4v) is 7.06. The minimum Gasteiger partial charge on any atom is -0.377 e. The van der Waals surface area contributed by atoms with Crippen LogP contribution in [-0.4, -0.2) is 124 Å². The lowest BCUT2D eigenvalue weighted by molar-refractivity contribution is -0.134. The normalized spacial score (nSPS) is 22.9. The number of primary amides is 1. The number of carbonyl (C=O) groups excluding carboxylic acids is 4. The zero-order valence-electron chi connectivity index (χ0n) is 35.0. The molecule has 0 spiro atoms. The van der Waals surface area contributed by atoms with E-state index in [0.717, 1.165) is 27.0 Å². The molecule has 0 saturated heterocycles. The van der Waals surface area contributed by atoms with Crippen molar-refractivity contribution < 1.29 is 29.4 Å². The van der Waals surface area contributed by atoms with Gasteiger partial charge in [0.05, 0.1) is 25.2 Å². The Bertz CT molecular complexity index is 1880. The zero-order valence-corrected chi connectivity index (χ0v) is 35.0. The van der Waals surface area contributed by atoms with Crippen molar-refractivity contribution in [1.29, 1.82) is 0 Å². The van der Waals surface area contributed by atoms with Crippen LogP contribution in [0, 0.1) is 11.8 Å². The third-order valence-corrected chi connectivity index (χ3v) is 10.7. The molecule has 60 heavy (non-hydrogen) atoms. The highest BCUT2D eigenvalue weighted by atomic mass is 16.3. The van der Waals surface area contributed by atoms with E-state index in [-0.39, 0.29) is 31.8 Å². The molecule has 0 bridgehead atoms. The molecule has 1 aliphatic rings. The summed E-state index contributed by atoms with van der Waals surface area (Å²) < 4.78 is 0. The number of aliphatic hydroxyl groups is 2. The lowest BCUT2D eigenvalue weighted by Gasteiger charge is -2.32. The predicted octanol–water partition coefficient (Wildman–Crippen LogP) is -0.374. The van der Waals surface area contributed by atoms with Gasteiger partial charge >= 0.3 is 0 Å². The van der Waals surface area contributed by atoms with E-state index in [2.05, 4.69) is 62.2 Å². The molecule has 0 saturated carbocycles. The summed E-state index contributed by atoms with van der Waals surface area (Å²) in [7, 11) is 0. The van der Waals surface area contributed by atoms with Crippen molar-refractivity contribution in [2.75, 3.05) is 26.2 Å². The third-order valence-electron chi connectivity index (χ3n) is 10.7. The van der Waals surface area contributed by atoms with Crippen LogP contribution in [0.4, 0.5) is 0 Å². The number of hydrazine groups is 1. The van der Waals surface area contributed by atoms with E-state index in [1.165, 1.54) is 0 Å². The van der Waals surface area contributed by atoms with Crippen LogP contribution in [0.3, 0.4) is 0 Å². The van der Waals surface area contributed by atoms with Gasteiger partial charge in [0, 0.05) is 29.6 Å². The Balaban J connectivity index is 1.60. The summed E-state index contributed by atoms with van der Waals surface area (Å²) >= 11 is 0. The maximum absolute atomic E-state index is 14.2. The molecule has 2 unspecified atom stereocenters. The fourth-order valence-electron chi connectivity index (χ4n) is 7.06. The number of aliphatic hydroxyl groups excluding tert-OH is 2. The number of carbonyl (C=O) groups is 4. The number of amides is 4. The number of nitrogens with two attached hydrogens (primary N) is 3. The minimum atomic E-state index is -1.41. The summed E-state index contributed by atoms with van der Waals surface area (Å²) in [5.74, 6) is 9.92. The second-order valence-corrected chi connectivity index (χ2v) is 15.7. The van der Waals surface area contributed by atoms with Crippen molar-refractivity contribution in [3.8, 4) is 11.8 Å². The van der Waals surface area contributed by atoms with Gasteiger partial charge in [-0.3, -0.25) is 40.6 Å². The number of rotatable bonds is 14. The van der Waals surface area contributed by atoms with Gasteiger partial charge in [-0.2, -0.15) is 5.01 Å². The summed E-state index contributed by atoms with van der Waals surface area (Å²) in [4.78, 5) is 59.6. The molecule has 1 aliphatic heterocycles. The maximum Gasteiger partial charge on any atom is 0.243 e. The van der Waals surface area contributed by atoms with Gasteiger partial charge in [0.15, 0.2) is 6.35 Å². The van der Waals surface area contributed by atoms with E-state index in [1.807, 2.05) is 60.8 Å². The molecule has 1 aromatic heterocycles. The van der Waals surface area contributed by atoms with Crippen molar-refractivity contribution >= 4 is 34.5 Å². The van der Waals surface area contributed by atoms with Gasteiger partial charge in [0.1, 0.15) is 24.4 Å². The third kappa shape index (κ3) is 15.0. The predicted molar refractivity (Wildman–Crippen MR) is 231 cm³/mol. The number of para-hydroxylation sites is 1. The van der Waals surface area contributed by atoms with Gasteiger partial charge in [-0.1, -0.05) is 60.4 Å². The molecule has 14 N–H and O–H groups in total. The molecule has 0 fully saturated rings. The number of hydrogen-bond acceptors (Lipinski definition) is 12. The minimum absolute atomic E-state index is 0.0415. The molecular formula is C43H65N11O6. The average Bonchev–Trinajstić information content (AvgIpc) is 3.63. The van der Waals surface area contributed by atoms with Gasteiger partial charge in [0.2, 0.25) is 23.6 Å². The highest BCUT2D eigenvalue weighted by Crippen LogP contribution is 2.20. The summed E-state index contributed by atoms with van der Waals surface area (Å²) in [5, 5.41) is 39.1. The Morgan fingerprint density at radius 2 is 1.67 bits per heavy atom. The molecule has 0 aliphatic carbocycles. The Morgan fingerprint density at radius 1 is 0.950 bits per heavy atom. The first-order valence-electron chi connectivity index (χ1n) is 20.9. The molecule has 2 heterocycles. The van der Waals surface area contributed by atoms with Gasteiger partial charge in [0.25, 0.3) is 0 Å². The van der Waals surface area contributed by atoms with Crippen molar-refractivity contribution in [2.45, 2.75) is 121 Å². The lowest BCUT2D eigenvalue weighted by atomic mass is 10.0. The molecule has 0 radical (unpaired) electrons. The highest BCUT2D eigenvalue weighted by Gasteiger charge is 2.32. The molecule has 328 valence electrons. The van der Waals surface area contributed by atoms with E-state index in [9.17, 15) is 29.4 Å². The Hall–Kier alpha value is -4.90. The fraction of sp³-hybridized carbons (Fsp3) is 0.535. The van der Waals surface area contributed by atoms with E-state index >= 15 is 0 Å². The van der Waals surface area contributed by atoms with Crippen LogP contribution in [0.2, 0.25) is 0 Å². The number of H-pyrrole nitrogens is 1. The van der Waals surface area contributed by atoms with Gasteiger partial charge in [-0.05, 0) is 96.0 Å². The number of aromatic nitrogens is 1. The highest BCUT2D eigenvalue weighted by molar-refractivity contribution is 5.94. The number of hydrogen-bond donors (Lipinski definition) is 11. The van der Waals surface area contributed by atoms with Crippen LogP contribution in [0.5, 0.6) is 0 Å². The maximum atomic E-state index is 14.2. The number of fused-ring (bicyclic) bond motifs is 1. The topological polar surface area (TPSA) is 269 Å². The zero-order chi connectivity index (χ0) is 43.6. The van der Waals surface area contributed by atoms with Crippen molar-refractivity contribution in [2.24, 2.45) is 17.3 Å². The molecule has 4 amide bonds. The SMILES string of the molecule is CC(C)N1CC#CCN(N)C(O)N[C@H](Cc2c[nH]c3ccccc23)C(O)N[C@@H](C)C(=O)N[C@H](C(=O)N[C@H](Cc2ccccc2)C(=O)N[C@@H](CCCCN)C(N)=O)CCCC1. The number of aromatic amines is 1. The number of nitrogens with one attached hydrogen (secondary N) is 6. The van der Waals surface area contributed by atoms with Crippen LogP contribution < -0.4 is 43.9 Å². The van der Waals surface area contributed by atoms with E-state index in [4.69, 9.17) is 17.3 Å². The average molecular weight is 832 g/mol. The van der Waals surface area contributed by atoms with Crippen molar-refractivity contribution in [1.82, 2.24) is 41.5 Å².